The van der Waals surface area contributed by atoms with E-state index in [4.69, 9.17) is 17.4 Å². The first-order valence-electron chi connectivity index (χ1n) is 4.71. The molecule has 0 fully saturated rings. The number of rotatable bonds is 3. The second-order valence-corrected chi connectivity index (χ2v) is 4.48. The van der Waals surface area contributed by atoms with E-state index >= 15 is 0 Å². The number of hydrogen-bond acceptors (Lipinski definition) is 5. The van der Waals surface area contributed by atoms with Crippen molar-refractivity contribution in [1.82, 2.24) is 9.97 Å². The molecular weight excluding hydrogens is 306 g/mol. The molecule has 7 heteroatoms. The standard InChI is InChI=1S/C10H9BrClN5/c11-6-1-2-7(12)8(5-6)15-9-3-4-14-10(16-9)17-13/h1-5H,13H2,(H2,14,15,16,17). The zero-order chi connectivity index (χ0) is 12.3. The minimum absolute atomic E-state index is 0.334. The molecule has 1 aromatic carbocycles. The predicted molar refractivity (Wildman–Crippen MR) is 72.3 cm³/mol. The summed E-state index contributed by atoms with van der Waals surface area (Å²) < 4.78 is 0.927. The Hall–Kier alpha value is -1.37. The van der Waals surface area contributed by atoms with Gasteiger partial charge in [-0.1, -0.05) is 27.5 Å². The van der Waals surface area contributed by atoms with Crippen LogP contribution in [0.4, 0.5) is 17.5 Å². The maximum atomic E-state index is 6.05. The number of aromatic nitrogens is 2. The van der Waals surface area contributed by atoms with Crippen molar-refractivity contribution in [1.29, 1.82) is 0 Å². The highest BCUT2D eigenvalue weighted by molar-refractivity contribution is 9.10. The summed E-state index contributed by atoms with van der Waals surface area (Å²) in [4.78, 5) is 8.04. The molecule has 4 N–H and O–H groups in total. The van der Waals surface area contributed by atoms with Gasteiger partial charge in [0.05, 0.1) is 10.7 Å². The van der Waals surface area contributed by atoms with Gasteiger partial charge >= 0.3 is 0 Å². The number of hydrazine groups is 1. The smallest absolute Gasteiger partial charge is 0.239 e. The Labute approximate surface area is 112 Å². The minimum atomic E-state index is 0.334. The molecule has 0 saturated carbocycles. The van der Waals surface area contributed by atoms with Crippen molar-refractivity contribution in [2.75, 3.05) is 10.7 Å². The Morgan fingerprint density at radius 2 is 2.12 bits per heavy atom. The first kappa shape index (κ1) is 12.1. The summed E-state index contributed by atoms with van der Waals surface area (Å²) in [7, 11) is 0. The van der Waals surface area contributed by atoms with Crippen molar-refractivity contribution in [3.63, 3.8) is 0 Å². The quantitative estimate of drug-likeness (QED) is 0.600. The second-order valence-electron chi connectivity index (χ2n) is 3.16. The SMILES string of the molecule is NNc1nccc(Nc2cc(Br)ccc2Cl)n1. The molecule has 0 atom stereocenters. The van der Waals surface area contributed by atoms with Crippen molar-refractivity contribution in [3.8, 4) is 0 Å². The van der Waals surface area contributed by atoms with Gasteiger partial charge in [-0.2, -0.15) is 4.98 Å². The van der Waals surface area contributed by atoms with Gasteiger partial charge in [-0.3, -0.25) is 5.43 Å². The third-order valence-electron chi connectivity index (χ3n) is 1.98. The van der Waals surface area contributed by atoms with Crippen LogP contribution in [-0.2, 0) is 0 Å². The van der Waals surface area contributed by atoms with Gasteiger partial charge in [-0.05, 0) is 24.3 Å². The molecule has 0 saturated heterocycles. The Balaban J connectivity index is 2.27. The van der Waals surface area contributed by atoms with Crippen molar-refractivity contribution >= 4 is 45.0 Å². The monoisotopic (exact) mass is 313 g/mol. The molecule has 0 unspecified atom stereocenters. The Morgan fingerprint density at radius 1 is 1.29 bits per heavy atom. The van der Waals surface area contributed by atoms with Gasteiger partial charge in [0.15, 0.2) is 0 Å². The van der Waals surface area contributed by atoms with E-state index in [1.165, 1.54) is 0 Å². The van der Waals surface area contributed by atoms with E-state index in [0.29, 0.717) is 16.8 Å². The van der Waals surface area contributed by atoms with Crippen LogP contribution in [0.25, 0.3) is 0 Å². The number of hydrogen-bond donors (Lipinski definition) is 3. The van der Waals surface area contributed by atoms with Crippen LogP contribution in [0.15, 0.2) is 34.9 Å². The molecule has 2 rings (SSSR count). The summed E-state index contributed by atoms with van der Waals surface area (Å²) in [6.45, 7) is 0. The normalized spacial score (nSPS) is 10.1. The largest absolute Gasteiger partial charge is 0.339 e. The summed E-state index contributed by atoms with van der Waals surface area (Å²) in [6, 6.07) is 7.23. The number of nitrogens with zero attached hydrogens (tertiary/aromatic N) is 2. The molecule has 0 aliphatic heterocycles. The summed E-state index contributed by atoms with van der Waals surface area (Å²) in [5.41, 5.74) is 3.13. The molecule has 88 valence electrons. The molecule has 2 aromatic rings. The number of anilines is 3. The highest BCUT2D eigenvalue weighted by atomic mass is 79.9. The average molecular weight is 315 g/mol. The lowest BCUT2D eigenvalue weighted by molar-refractivity contribution is 1.12. The number of halogens is 2. The van der Waals surface area contributed by atoms with E-state index in [9.17, 15) is 0 Å². The van der Waals surface area contributed by atoms with Crippen LogP contribution in [0.3, 0.4) is 0 Å². The third kappa shape index (κ3) is 3.06. The summed E-state index contributed by atoms with van der Waals surface area (Å²) in [5.74, 6) is 6.17. The van der Waals surface area contributed by atoms with Crippen molar-refractivity contribution < 1.29 is 0 Å². The topological polar surface area (TPSA) is 75.9 Å². The van der Waals surface area contributed by atoms with Gasteiger partial charge in [0, 0.05) is 10.7 Å². The van der Waals surface area contributed by atoms with E-state index < -0.39 is 0 Å². The number of benzene rings is 1. The van der Waals surface area contributed by atoms with Crippen molar-refractivity contribution in [2.24, 2.45) is 5.84 Å². The molecule has 5 nitrogen and oxygen atoms in total. The third-order valence-corrected chi connectivity index (χ3v) is 2.80. The predicted octanol–water partition coefficient (Wildman–Crippen LogP) is 2.92. The Morgan fingerprint density at radius 3 is 2.88 bits per heavy atom. The van der Waals surface area contributed by atoms with Gasteiger partial charge in [0.25, 0.3) is 0 Å². The fourth-order valence-electron chi connectivity index (χ4n) is 1.23. The van der Waals surface area contributed by atoms with Crippen LogP contribution < -0.4 is 16.6 Å². The molecule has 0 aliphatic rings. The van der Waals surface area contributed by atoms with E-state index in [-0.39, 0.29) is 0 Å². The number of nitrogens with one attached hydrogen (secondary N) is 2. The van der Waals surface area contributed by atoms with Crippen LogP contribution in [0, 0.1) is 0 Å². The van der Waals surface area contributed by atoms with Gasteiger partial charge in [-0.15, -0.1) is 0 Å². The highest BCUT2D eigenvalue weighted by Gasteiger charge is 2.03. The maximum Gasteiger partial charge on any atom is 0.239 e. The van der Waals surface area contributed by atoms with Crippen LogP contribution in [-0.4, -0.2) is 9.97 Å². The first-order chi connectivity index (χ1) is 8.19. The molecule has 0 aliphatic carbocycles. The molecule has 1 aromatic heterocycles. The lowest BCUT2D eigenvalue weighted by atomic mass is 10.3. The maximum absolute atomic E-state index is 6.05. The van der Waals surface area contributed by atoms with Crippen LogP contribution in [0.2, 0.25) is 5.02 Å². The molecule has 17 heavy (non-hydrogen) atoms. The molecule has 0 bridgehead atoms. The lowest BCUT2D eigenvalue weighted by Crippen LogP contribution is -2.10. The number of nitrogens with two attached hydrogens (primary N) is 1. The van der Waals surface area contributed by atoms with Crippen molar-refractivity contribution in [3.05, 3.63) is 40.0 Å². The van der Waals surface area contributed by atoms with Crippen LogP contribution in [0.5, 0.6) is 0 Å². The average Bonchev–Trinajstić information content (AvgIpc) is 2.34. The molecule has 0 amide bonds. The zero-order valence-electron chi connectivity index (χ0n) is 8.61. The molecule has 1 heterocycles. The first-order valence-corrected chi connectivity index (χ1v) is 5.88. The van der Waals surface area contributed by atoms with Crippen molar-refractivity contribution in [2.45, 2.75) is 0 Å². The van der Waals surface area contributed by atoms with E-state index in [1.807, 2.05) is 12.1 Å². The second kappa shape index (κ2) is 5.31. The van der Waals surface area contributed by atoms with Gasteiger partial charge in [0.2, 0.25) is 5.95 Å². The van der Waals surface area contributed by atoms with Gasteiger partial charge in [-0.25, -0.2) is 10.8 Å². The molecule has 0 spiro atoms. The van der Waals surface area contributed by atoms with E-state index in [2.05, 4.69) is 36.6 Å². The number of nitrogen functional groups attached to an aromatic ring is 1. The Kier molecular flexibility index (Phi) is 3.78. The summed E-state index contributed by atoms with van der Waals surface area (Å²) in [6.07, 6.45) is 1.59. The van der Waals surface area contributed by atoms with Gasteiger partial charge < -0.3 is 5.32 Å². The molecule has 0 radical (unpaired) electrons. The van der Waals surface area contributed by atoms with E-state index in [1.54, 1.807) is 18.3 Å². The van der Waals surface area contributed by atoms with Crippen LogP contribution in [0.1, 0.15) is 0 Å². The van der Waals surface area contributed by atoms with Crippen LogP contribution >= 0.6 is 27.5 Å². The zero-order valence-corrected chi connectivity index (χ0v) is 11.0. The Bertz CT molecular complexity index is 534. The highest BCUT2D eigenvalue weighted by Crippen LogP contribution is 2.27. The van der Waals surface area contributed by atoms with E-state index in [0.717, 1.165) is 10.2 Å². The minimum Gasteiger partial charge on any atom is -0.339 e. The summed E-state index contributed by atoms with van der Waals surface area (Å²) in [5, 5.41) is 3.68. The fraction of sp³-hybridized carbons (Fsp3) is 0. The fourth-order valence-corrected chi connectivity index (χ4v) is 1.76. The lowest BCUT2D eigenvalue weighted by Gasteiger charge is -2.08. The molecular formula is C10H9BrClN5. The summed E-state index contributed by atoms with van der Waals surface area (Å²) >= 11 is 9.43. The van der Waals surface area contributed by atoms with Gasteiger partial charge in [0.1, 0.15) is 5.82 Å².